The zero-order chi connectivity index (χ0) is 15.5. The molecule has 2 amide bonds. The number of amides is 2. The van der Waals surface area contributed by atoms with Gasteiger partial charge in [-0.25, -0.2) is 0 Å². The lowest BCUT2D eigenvalue weighted by molar-refractivity contribution is -0.125. The molecule has 2 aromatic rings. The molecule has 1 saturated heterocycles. The average Bonchev–Trinajstić information content (AvgIpc) is 2.60. The number of rotatable bonds is 2. The van der Waals surface area contributed by atoms with Gasteiger partial charge >= 0.3 is 0 Å². The molecule has 1 atom stereocenters. The van der Waals surface area contributed by atoms with Gasteiger partial charge in [0.2, 0.25) is 5.91 Å². The summed E-state index contributed by atoms with van der Waals surface area (Å²) in [4.78, 5) is 26.5. The molecule has 1 aliphatic heterocycles. The van der Waals surface area contributed by atoms with Crippen molar-refractivity contribution >= 4 is 22.6 Å². The molecule has 0 radical (unpaired) electrons. The van der Waals surface area contributed by atoms with Crippen molar-refractivity contribution in [3.05, 3.63) is 48.0 Å². The summed E-state index contributed by atoms with van der Waals surface area (Å²) in [7, 11) is 1.65. The van der Waals surface area contributed by atoms with Gasteiger partial charge in [0, 0.05) is 25.7 Å². The molecule has 22 heavy (non-hydrogen) atoms. The third-order valence-corrected chi connectivity index (χ3v) is 4.35. The Morgan fingerprint density at radius 2 is 1.91 bits per heavy atom. The molecule has 4 heteroatoms. The normalized spacial score (nSPS) is 18.2. The fourth-order valence-corrected chi connectivity index (χ4v) is 3.16. The predicted octanol–water partition coefficient (Wildman–Crippen LogP) is 2.44. The lowest BCUT2D eigenvalue weighted by Gasteiger charge is -2.32. The maximum absolute atomic E-state index is 12.9. The molecule has 0 aliphatic carbocycles. The van der Waals surface area contributed by atoms with E-state index in [1.807, 2.05) is 47.4 Å². The van der Waals surface area contributed by atoms with E-state index in [4.69, 9.17) is 0 Å². The highest BCUT2D eigenvalue weighted by Crippen LogP contribution is 2.23. The van der Waals surface area contributed by atoms with E-state index in [2.05, 4.69) is 5.32 Å². The Kier molecular flexibility index (Phi) is 4.09. The fourth-order valence-electron chi connectivity index (χ4n) is 3.16. The molecule has 2 aromatic carbocycles. The molecular formula is C18H20N2O2. The third kappa shape index (κ3) is 2.69. The van der Waals surface area contributed by atoms with Crippen molar-refractivity contribution in [2.75, 3.05) is 20.1 Å². The minimum atomic E-state index is -0.0994. The summed E-state index contributed by atoms with van der Waals surface area (Å²) in [6, 6.07) is 13.7. The van der Waals surface area contributed by atoms with Gasteiger partial charge in [0.15, 0.2) is 0 Å². The first-order valence-corrected chi connectivity index (χ1v) is 7.69. The Morgan fingerprint density at radius 1 is 1.14 bits per heavy atom. The van der Waals surface area contributed by atoms with E-state index in [-0.39, 0.29) is 17.7 Å². The van der Waals surface area contributed by atoms with Gasteiger partial charge in [0.05, 0.1) is 5.92 Å². The average molecular weight is 296 g/mol. The summed E-state index contributed by atoms with van der Waals surface area (Å²) < 4.78 is 0. The highest BCUT2D eigenvalue weighted by molar-refractivity contribution is 6.07. The molecule has 1 N–H and O–H groups in total. The number of likely N-dealkylation sites (tertiary alicyclic amines) is 1. The highest BCUT2D eigenvalue weighted by atomic mass is 16.2. The lowest BCUT2D eigenvalue weighted by atomic mass is 9.95. The van der Waals surface area contributed by atoms with E-state index in [0.29, 0.717) is 6.54 Å². The van der Waals surface area contributed by atoms with E-state index in [9.17, 15) is 9.59 Å². The zero-order valence-corrected chi connectivity index (χ0v) is 12.7. The number of nitrogens with one attached hydrogen (secondary N) is 1. The number of piperidine rings is 1. The molecule has 1 heterocycles. The number of nitrogens with zero attached hydrogens (tertiary/aromatic N) is 1. The minimum absolute atomic E-state index is 0.0189. The van der Waals surface area contributed by atoms with Crippen LogP contribution in [0.5, 0.6) is 0 Å². The molecule has 1 aliphatic rings. The molecule has 0 bridgehead atoms. The Hall–Kier alpha value is -2.36. The Balaban J connectivity index is 1.88. The van der Waals surface area contributed by atoms with Crippen LogP contribution >= 0.6 is 0 Å². The first-order chi connectivity index (χ1) is 10.7. The largest absolute Gasteiger partial charge is 0.359 e. The minimum Gasteiger partial charge on any atom is -0.359 e. The van der Waals surface area contributed by atoms with Crippen molar-refractivity contribution < 1.29 is 9.59 Å². The van der Waals surface area contributed by atoms with Crippen molar-refractivity contribution in [2.24, 2.45) is 5.92 Å². The number of benzene rings is 2. The molecule has 4 nitrogen and oxygen atoms in total. The van der Waals surface area contributed by atoms with Crippen LogP contribution in [0.1, 0.15) is 23.2 Å². The maximum atomic E-state index is 12.9. The molecule has 0 spiro atoms. The lowest BCUT2D eigenvalue weighted by Crippen LogP contribution is -2.44. The second kappa shape index (κ2) is 6.18. The Labute approximate surface area is 130 Å². The van der Waals surface area contributed by atoms with Crippen LogP contribution in [0.3, 0.4) is 0 Å². The predicted molar refractivity (Wildman–Crippen MR) is 86.6 cm³/mol. The van der Waals surface area contributed by atoms with E-state index in [0.717, 1.165) is 35.7 Å². The molecule has 114 valence electrons. The monoisotopic (exact) mass is 296 g/mol. The van der Waals surface area contributed by atoms with Crippen LogP contribution < -0.4 is 5.32 Å². The maximum Gasteiger partial charge on any atom is 0.254 e. The summed E-state index contributed by atoms with van der Waals surface area (Å²) in [6.07, 6.45) is 1.72. The zero-order valence-electron chi connectivity index (χ0n) is 12.7. The first kappa shape index (κ1) is 14.6. The topological polar surface area (TPSA) is 49.4 Å². The van der Waals surface area contributed by atoms with Crippen LogP contribution in [-0.2, 0) is 4.79 Å². The van der Waals surface area contributed by atoms with Crippen LogP contribution in [0.25, 0.3) is 10.8 Å². The molecule has 3 rings (SSSR count). The Morgan fingerprint density at radius 3 is 2.73 bits per heavy atom. The quantitative estimate of drug-likeness (QED) is 0.925. The second-order valence-electron chi connectivity index (χ2n) is 5.73. The van der Waals surface area contributed by atoms with Gasteiger partial charge in [-0.05, 0) is 29.7 Å². The van der Waals surface area contributed by atoms with Gasteiger partial charge in [-0.2, -0.15) is 0 Å². The second-order valence-corrected chi connectivity index (χ2v) is 5.73. The fraction of sp³-hybridized carbons (Fsp3) is 0.333. The summed E-state index contributed by atoms with van der Waals surface area (Å²) in [5.74, 6) is -0.0569. The van der Waals surface area contributed by atoms with E-state index >= 15 is 0 Å². The van der Waals surface area contributed by atoms with Gasteiger partial charge in [-0.15, -0.1) is 0 Å². The third-order valence-electron chi connectivity index (χ3n) is 4.35. The van der Waals surface area contributed by atoms with Gasteiger partial charge in [-0.3, -0.25) is 9.59 Å². The molecule has 0 aromatic heterocycles. The Bertz CT molecular complexity index is 706. The van der Waals surface area contributed by atoms with Crippen molar-refractivity contribution in [1.29, 1.82) is 0 Å². The number of carbonyl (C=O) groups is 2. The summed E-state index contributed by atoms with van der Waals surface area (Å²) in [6.45, 7) is 1.22. The van der Waals surface area contributed by atoms with E-state index in [1.54, 1.807) is 7.05 Å². The molecular weight excluding hydrogens is 276 g/mol. The van der Waals surface area contributed by atoms with Crippen LogP contribution in [0.2, 0.25) is 0 Å². The van der Waals surface area contributed by atoms with Crippen molar-refractivity contribution in [1.82, 2.24) is 10.2 Å². The number of fused-ring (bicyclic) bond motifs is 1. The number of hydrogen-bond acceptors (Lipinski definition) is 2. The summed E-state index contributed by atoms with van der Waals surface area (Å²) in [5, 5.41) is 4.72. The van der Waals surface area contributed by atoms with Crippen molar-refractivity contribution in [2.45, 2.75) is 12.8 Å². The number of carbonyl (C=O) groups excluding carboxylic acids is 2. The van der Waals surface area contributed by atoms with Crippen LogP contribution in [-0.4, -0.2) is 36.9 Å². The number of hydrogen-bond donors (Lipinski definition) is 1. The van der Waals surface area contributed by atoms with Crippen LogP contribution in [0, 0.1) is 5.92 Å². The van der Waals surface area contributed by atoms with Gasteiger partial charge in [0.1, 0.15) is 0 Å². The van der Waals surface area contributed by atoms with E-state index < -0.39 is 0 Å². The van der Waals surface area contributed by atoms with Gasteiger partial charge < -0.3 is 10.2 Å². The summed E-state index contributed by atoms with van der Waals surface area (Å²) >= 11 is 0. The van der Waals surface area contributed by atoms with Gasteiger partial charge in [-0.1, -0.05) is 36.4 Å². The summed E-state index contributed by atoms with van der Waals surface area (Å²) in [5.41, 5.74) is 0.718. The standard InChI is InChI=1S/C18H20N2O2/c1-19-17(21)14-8-5-11-20(12-14)18(22)16-10-4-7-13-6-2-3-9-15(13)16/h2-4,6-7,9-10,14H,5,8,11-12H2,1H3,(H,19,21). The smallest absolute Gasteiger partial charge is 0.254 e. The van der Waals surface area contributed by atoms with Crippen molar-refractivity contribution in [3.8, 4) is 0 Å². The first-order valence-electron chi connectivity index (χ1n) is 7.69. The van der Waals surface area contributed by atoms with Crippen molar-refractivity contribution in [3.63, 3.8) is 0 Å². The SMILES string of the molecule is CNC(=O)C1CCCN(C(=O)c2cccc3ccccc23)C1. The molecule has 0 saturated carbocycles. The van der Waals surface area contributed by atoms with Gasteiger partial charge in [0.25, 0.3) is 5.91 Å². The molecule has 1 unspecified atom stereocenters. The van der Waals surface area contributed by atoms with Crippen LogP contribution in [0.4, 0.5) is 0 Å². The van der Waals surface area contributed by atoms with E-state index in [1.165, 1.54) is 0 Å². The highest BCUT2D eigenvalue weighted by Gasteiger charge is 2.28. The molecule has 1 fully saturated rings. The van der Waals surface area contributed by atoms with Crippen LogP contribution in [0.15, 0.2) is 42.5 Å².